The maximum atomic E-state index is 2.58. The van der Waals surface area contributed by atoms with Crippen LogP contribution in [0.4, 0.5) is 0 Å². The molecule has 2 rings (SSSR count). The van der Waals surface area contributed by atoms with Crippen molar-refractivity contribution in [2.24, 2.45) is 23.7 Å². The normalized spacial score (nSPS) is 26.1. The Labute approximate surface area is 179 Å². The monoisotopic (exact) mass is 390 g/mol. The summed E-state index contributed by atoms with van der Waals surface area (Å²) in [6, 6.07) is 0. The van der Waals surface area contributed by atoms with Crippen molar-refractivity contribution in [2.75, 3.05) is 0 Å². The lowest BCUT2D eigenvalue weighted by atomic mass is 9.65. The van der Waals surface area contributed by atoms with Gasteiger partial charge in [0.25, 0.3) is 0 Å². The van der Waals surface area contributed by atoms with Gasteiger partial charge in [-0.3, -0.25) is 0 Å². The second kappa shape index (κ2) is 15.8. The minimum Gasteiger partial charge on any atom is -0.0654 e. The van der Waals surface area contributed by atoms with Crippen molar-refractivity contribution in [3.63, 3.8) is 0 Å². The zero-order valence-electron chi connectivity index (χ0n) is 19.9. The standard InChI is InChI=1S/C28H54/c1-3-4-5-6-7-8-9-10-11-12-13-14-15-16-19-25(2)27-23-22-26-20-17-18-21-28(26)24-27/h25-28H,3-24H2,1-2H3. The Morgan fingerprint density at radius 1 is 0.571 bits per heavy atom. The summed E-state index contributed by atoms with van der Waals surface area (Å²) in [6.45, 7) is 4.89. The minimum absolute atomic E-state index is 1.00. The smallest absolute Gasteiger partial charge is 0.0383 e. The summed E-state index contributed by atoms with van der Waals surface area (Å²) in [5.41, 5.74) is 0. The van der Waals surface area contributed by atoms with Gasteiger partial charge in [0.1, 0.15) is 0 Å². The second-order valence-corrected chi connectivity index (χ2v) is 10.7. The van der Waals surface area contributed by atoms with Gasteiger partial charge in [-0.25, -0.2) is 0 Å². The van der Waals surface area contributed by atoms with Crippen LogP contribution in [0.2, 0.25) is 0 Å². The third-order valence-electron chi connectivity index (χ3n) is 8.40. The van der Waals surface area contributed by atoms with E-state index in [2.05, 4.69) is 13.8 Å². The molecule has 166 valence electrons. The quantitative estimate of drug-likeness (QED) is 0.230. The van der Waals surface area contributed by atoms with E-state index in [-0.39, 0.29) is 0 Å². The first-order chi connectivity index (χ1) is 13.8. The fourth-order valence-corrected chi connectivity index (χ4v) is 6.32. The van der Waals surface area contributed by atoms with Crippen LogP contribution >= 0.6 is 0 Å². The Morgan fingerprint density at radius 3 is 1.64 bits per heavy atom. The maximum Gasteiger partial charge on any atom is -0.0383 e. The van der Waals surface area contributed by atoms with Crippen molar-refractivity contribution in [2.45, 2.75) is 155 Å². The van der Waals surface area contributed by atoms with Gasteiger partial charge in [-0.2, -0.15) is 0 Å². The zero-order valence-corrected chi connectivity index (χ0v) is 19.9. The van der Waals surface area contributed by atoms with E-state index in [1.165, 1.54) is 109 Å². The summed E-state index contributed by atoms with van der Waals surface area (Å²) >= 11 is 0. The summed E-state index contributed by atoms with van der Waals surface area (Å²) in [5.74, 6) is 4.31. The molecule has 0 aromatic carbocycles. The molecule has 0 N–H and O–H groups in total. The lowest BCUT2D eigenvalue weighted by Gasteiger charge is -2.41. The van der Waals surface area contributed by atoms with Gasteiger partial charge in [0.15, 0.2) is 0 Å². The molecule has 0 aromatic heterocycles. The molecule has 0 heterocycles. The molecular formula is C28H54. The van der Waals surface area contributed by atoms with Crippen LogP contribution < -0.4 is 0 Å². The number of unbranched alkanes of at least 4 members (excludes halogenated alkanes) is 13. The molecule has 0 bridgehead atoms. The highest BCUT2D eigenvalue weighted by atomic mass is 14.4. The summed E-state index contributed by atoms with van der Waals surface area (Å²) in [6.07, 6.45) is 33.1. The fraction of sp³-hybridized carbons (Fsp3) is 1.00. The third kappa shape index (κ3) is 10.2. The van der Waals surface area contributed by atoms with E-state index in [1.54, 1.807) is 32.1 Å². The molecule has 0 nitrogen and oxygen atoms in total. The highest BCUT2D eigenvalue weighted by Crippen LogP contribution is 2.45. The topological polar surface area (TPSA) is 0 Å². The molecule has 28 heavy (non-hydrogen) atoms. The van der Waals surface area contributed by atoms with Gasteiger partial charge in [0, 0.05) is 0 Å². The molecule has 0 aliphatic heterocycles. The van der Waals surface area contributed by atoms with Crippen LogP contribution in [-0.2, 0) is 0 Å². The van der Waals surface area contributed by atoms with E-state index in [0.717, 1.165) is 23.7 Å². The van der Waals surface area contributed by atoms with Crippen LogP contribution in [-0.4, -0.2) is 0 Å². The largest absolute Gasteiger partial charge is 0.0654 e. The van der Waals surface area contributed by atoms with Gasteiger partial charge in [-0.05, 0) is 42.9 Å². The maximum absolute atomic E-state index is 2.58. The average molecular weight is 391 g/mol. The molecule has 2 fully saturated rings. The first kappa shape index (κ1) is 24.3. The van der Waals surface area contributed by atoms with E-state index in [4.69, 9.17) is 0 Å². The third-order valence-corrected chi connectivity index (χ3v) is 8.40. The summed E-state index contributed by atoms with van der Waals surface area (Å²) in [7, 11) is 0. The molecule has 0 heteroatoms. The van der Waals surface area contributed by atoms with Gasteiger partial charge in [0.2, 0.25) is 0 Å². The van der Waals surface area contributed by atoms with Crippen LogP contribution in [0.1, 0.15) is 155 Å². The predicted molar refractivity (Wildman–Crippen MR) is 127 cm³/mol. The number of hydrogen-bond donors (Lipinski definition) is 0. The highest BCUT2D eigenvalue weighted by molar-refractivity contribution is 4.84. The van der Waals surface area contributed by atoms with E-state index >= 15 is 0 Å². The Morgan fingerprint density at radius 2 is 1.07 bits per heavy atom. The molecule has 2 aliphatic rings. The highest BCUT2D eigenvalue weighted by Gasteiger charge is 2.33. The molecule has 0 aromatic rings. The Hall–Kier alpha value is 0. The lowest BCUT2D eigenvalue weighted by molar-refractivity contribution is 0.100. The van der Waals surface area contributed by atoms with Crippen molar-refractivity contribution in [1.82, 2.24) is 0 Å². The van der Waals surface area contributed by atoms with Crippen molar-refractivity contribution in [3.8, 4) is 0 Å². The second-order valence-electron chi connectivity index (χ2n) is 10.7. The average Bonchev–Trinajstić information content (AvgIpc) is 2.73. The molecule has 0 amide bonds. The molecule has 4 atom stereocenters. The molecule has 2 saturated carbocycles. The van der Waals surface area contributed by atoms with Crippen molar-refractivity contribution in [3.05, 3.63) is 0 Å². The van der Waals surface area contributed by atoms with Gasteiger partial charge in [0.05, 0.1) is 0 Å². The van der Waals surface area contributed by atoms with Gasteiger partial charge in [-0.1, -0.05) is 136 Å². The SMILES string of the molecule is CCCCCCCCCCCCCCCCC(C)C1CCC2CCCCC2C1. The van der Waals surface area contributed by atoms with E-state index in [0.29, 0.717) is 0 Å². The molecule has 2 aliphatic carbocycles. The van der Waals surface area contributed by atoms with Gasteiger partial charge in [-0.15, -0.1) is 0 Å². The zero-order chi connectivity index (χ0) is 19.9. The molecule has 0 radical (unpaired) electrons. The Balaban J connectivity index is 1.34. The van der Waals surface area contributed by atoms with Crippen molar-refractivity contribution in [1.29, 1.82) is 0 Å². The Kier molecular flexibility index (Phi) is 13.7. The van der Waals surface area contributed by atoms with Gasteiger partial charge < -0.3 is 0 Å². The van der Waals surface area contributed by atoms with E-state index < -0.39 is 0 Å². The van der Waals surface area contributed by atoms with Crippen molar-refractivity contribution >= 4 is 0 Å². The first-order valence-corrected chi connectivity index (χ1v) is 13.8. The lowest BCUT2D eigenvalue weighted by Crippen LogP contribution is -2.30. The summed E-state index contributed by atoms with van der Waals surface area (Å²) in [5, 5.41) is 0. The predicted octanol–water partition coefficient (Wildman–Crippen LogP) is 10.1. The van der Waals surface area contributed by atoms with Crippen LogP contribution in [0.15, 0.2) is 0 Å². The first-order valence-electron chi connectivity index (χ1n) is 13.8. The van der Waals surface area contributed by atoms with Crippen molar-refractivity contribution < 1.29 is 0 Å². The van der Waals surface area contributed by atoms with E-state index in [9.17, 15) is 0 Å². The fourth-order valence-electron chi connectivity index (χ4n) is 6.32. The van der Waals surface area contributed by atoms with Crippen LogP contribution in [0, 0.1) is 23.7 Å². The van der Waals surface area contributed by atoms with Gasteiger partial charge >= 0.3 is 0 Å². The molecule has 4 unspecified atom stereocenters. The van der Waals surface area contributed by atoms with Crippen LogP contribution in [0.3, 0.4) is 0 Å². The van der Waals surface area contributed by atoms with E-state index in [1.807, 2.05) is 0 Å². The molecule has 0 saturated heterocycles. The number of fused-ring (bicyclic) bond motifs is 1. The van der Waals surface area contributed by atoms with Crippen LogP contribution in [0.5, 0.6) is 0 Å². The summed E-state index contributed by atoms with van der Waals surface area (Å²) < 4.78 is 0. The van der Waals surface area contributed by atoms with Crippen LogP contribution in [0.25, 0.3) is 0 Å². The number of hydrogen-bond acceptors (Lipinski definition) is 0. The summed E-state index contributed by atoms with van der Waals surface area (Å²) in [4.78, 5) is 0. The molecular weight excluding hydrogens is 336 g/mol. The molecule has 0 spiro atoms. The minimum atomic E-state index is 1.00. The number of rotatable bonds is 16. The Bertz CT molecular complexity index is 346.